The summed E-state index contributed by atoms with van der Waals surface area (Å²) in [7, 11) is 0. The van der Waals surface area contributed by atoms with Crippen molar-refractivity contribution in [3.63, 3.8) is 0 Å². The molecule has 0 aliphatic rings. The van der Waals surface area contributed by atoms with Crippen molar-refractivity contribution in [1.29, 1.82) is 0 Å². The van der Waals surface area contributed by atoms with Crippen LogP contribution in [0.15, 0.2) is 0 Å². The molecule has 28 valence electrons. The molecule has 0 unspecified atom stereocenters. The molecule has 0 aliphatic heterocycles. The van der Waals surface area contributed by atoms with E-state index >= 15 is 0 Å². The molecule has 0 rings (SSSR count). The number of nitrogens with zero attached hydrogens (tertiary/aromatic N) is 1. The van der Waals surface area contributed by atoms with Crippen molar-refractivity contribution in [2.75, 3.05) is 0 Å². The summed E-state index contributed by atoms with van der Waals surface area (Å²) in [4.78, 5) is 1.79. The minimum absolute atomic E-state index is 0.880. The zero-order valence-electron chi connectivity index (χ0n) is 2.28. The Bertz CT molecular complexity index is 53.2. The average Bonchev–Trinajstić information content (AvgIpc) is 1.38. The second-order valence-electron chi connectivity index (χ2n) is 0.407. The first-order valence-corrected chi connectivity index (χ1v) is 1.79. The molecule has 0 saturated carbocycles. The third-order valence-electron chi connectivity index (χ3n) is 0.0976. The molecule has 0 saturated heterocycles. The van der Waals surface area contributed by atoms with Crippen molar-refractivity contribution in [2.24, 2.45) is 0 Å². The van der Waals surface area contributed by atoms with Crippen LogP contribution in [0, 0.1) is 6.57 Å². The normalized spacial score (nSPS) is 7.60. The Morgan fingerprint density at radius 1 is 1.60 bits per heavy atom. The summed E-state index contributed by atoms with van der Waals surface area (Å²) < 4.78 is 0. The van der Waals surface area contributed by atoms with E-state index in [4.69, 9.17) is 29.8 Å². The lowest BCUT2D eigenvalue weighted by Gasteiger charge is -1.68. The van der Waals surface area contributed by atoms with Crippen LogP contribution in [0.1, 0.15) is 0 Å². The maximum Gasteiger partial charge on any atom is 0.373 e. The van der Waals surface area contributed by atoms with Crippen molar-refractivity contribution >= 4 is 23.2 Å². The molecule has 0 atom stereocenters. The molecule has 0 N–H and O–H groups in total. The molecular formula is C2HCl2N. The fourth-order valence-corrected chi connectivity index (χ4v) is 0. The Morgan fingerprint density at radius 3 is 1.80 bits per heavy atom. The van der Waals surface area contributed by atoms with Crippen LogP contribution in [0.2, 0.25) is 0 Å². The average molecular weight is 110 g/mol. The number of halogens is 2. The Hall–Kier alpha value is 0.0700. The van der Waals surface area contributed by atoms with Crippen LogP contribution in [0.25, 0.3) is 4.85 Å². The molecular weight excluding hydrogens is 109 g/mol. The molecule has 0 amide bonds. The lowest BCUT2D eigenvalue weighted by molar-refractivity contribution is 1.61. The zero-order chi connectivity index (χ0) is 4.28. The van der Waals surface area contributed by atoms with E-state index in [9.17, 15) is 0 Å². The van der Waals surface area contributed by atoms with Crippen LogP contribution in [-0.4, -0.2) is 4.96 Å². The van der Waals surface area contributed by atoms with E-state index in [2.05, 4.69) is 4.85 Å². The topological polar surface area (TPSA) is 4.36 Å². The highest BCUT2D eigenvalue weighted by Gasteiger charge is 1.91. The summed E-state index contributed by atoms with van der Waals surface area (Å²) >= 11 is 9.75. The largest absolute Gasteiger partial charge is 0.373 e. The third-order valence-corrected chi connectivity index (χ3v) is 0.293. The minimum atomic E-state index is -0.880. The summed E-state index contributed by atoms with van der Waals surface area (Å²) in [5, 5.41) is 0. The lowest BCUT2D eigenvalue weighted by Crippen LogP contribution is -1.64. The van der Waals surface area contributed by atoms with Crippen molar-refractivity contribution in [2.45, 2.75) is 4.96 Å². The van der Waals surface area contributed by atoms with Gasteiger partial charge in [-0.1, -0.05) is 0 Å². The number of hydrogen-bond acceptors (Lipinski definition) is 0. The first-order valence-electron chi connectivity index (χ1n) is 0.918. The van der Waals surface area contributed by atoms with Gasteiger partial charge in [0.05, 0.1) is 0 Å². The van der Waals surface area contributed by atoms with Crippen molar-refractivity contribution in [1.82, 2.24) is 0 Å². The molecule has 0 aromatic carbocycles. The highest BCUT2D eigenvalue weighted by molar-refractivity contribution is 6.45. The van der Waals surface area contributed by atoms with E-state index in [0.29, 0.717) is 0 Å². The number of rotatable bonds is 0. The maximum absolute atomic E-state index is 6.02. The molecule has 0 aromatic rings. The van der Waals surface area contributed by atoms with Crippen LogP contribution in [0.4, 0.5) is 0 Å². The van der Waals surface area contributed by atoms with Crippen molar-refractivity contribution in [3.8, 4) is 0 Å². The molecule has 0 aliphatic carbocycles. The van der Waals surface area contributed by atoms with Crippen LogP contribution in [-0.2, 0) is 0 Å². The molecule has 0 radical (unpaired) electrons. The SMILES string of the molecule is [C-]#[N+]C(Cl)Cl. The summed E-state index contributed by atoms with van der Waals surface area (Å²) in [5.74, 6) is 0. The van der Waals surface area contributed by atoms with Gasteiger partial charge in [-0.05, 0) is 23.2 Å². The second kappa shape index (κ2) is 2.32. The van der Waals surface area contributed by atoms with Gasteiger partial charge >= 0.3 is 4.96 Å². The van der Waals surface area contributed by atoms with E-state index < -0.39 is 4.96 Å². The van der Waals surface area contributed by atoms with E-state index in [1.165, 1.54) is 0 Å². The van der Waals surface area contributed by atoms with Crippen LogP contribution in [0.5, 0.6) is 0 Å². The van der Waals surface area contributed by atoms with Gasteiger partial charge in [0.1, 0.15) is 0 Å². The van der Waals surface area contributed by atoms with Gasteiger partial charge in [0, 0.05) is 0 Å². The summed E-state index contributed by atoms with van der Waals surface area (Å²) in [6, 6.07) is 0. The zero-order valence-corrected chi connectivity index (χ0v) is 3.79. The van der Waals surface area contributed by atoms with Gasteiger partial charge in [0.15, 0.2) is 0 Å². The fraction of sp³-hybridized carbons (Fsp3) is 0.500. The summed E-state index contributed by atoms with van der Waals surface area (Å²) in [5.41, 5.74) is 0. The van der Waals surface area contributed by atoms with Gasteiger partial charge in [0.2, 0.25) is 0 Å². The van der Waals surface area contributed by atoms with Crippen molar-refractivity contribution < 1.29 is 0 Å². The molecule has 0 fully saturated rings. The van der Waals surface area contributed by atoms with Crippen LogP contribution >= 0.6 is 23.2 Å². The highest BCUT2D eigenvalue weighted by atomic mass is 35.5. The Kier molecular flexibility index (Phi) is 2.35. The van der Waals surface area contributed by atoms with Gasteiger partial charge in [-0.15, -0.1) is 0 Å². The number of alkyl halides is 2. The molecule has 5 heavy (non-hydrogen) atoms. The van der Waals surface area contributed by atoms with E-state index in [1.54, 1.807) is 0 Å². The summed E-state index contributed by atoms with van der Waals surface area (Å²) in [6.07, 6.45) is 0. The first kappa shape index (κ1) is 5.07. The van der Waals surface area contributed by atoms with Crippen LogP contribution in [0.3, 0.4) is 0 Å². The molecule has 3 heteroatoms. The molecule has 0 heterocycles. The Labute approximate surface area is 40.3 Å². The van der Waals surface area contributed by atoms with Gasteiger partial charge in [-0.3, -0.25) is 4.85 Å². The maximum atomic E-state index is 6.02. The Morgan fingerprint density at radius 2 is 1.80 bits per heavy atom. The molecule has 0 spiro atoms. The first-order chi connectivity index (χ1) is 2.27. The van der Waals surface area contributed by atoms with Gasteiger partial charge in [-0.25, -0.2) is 6.57 Å². The van der Waals surface area contributed by atoms with Crippen molar-refractivity contribution in [3.05, 3.63) is 11.4 Å². The van der Waals surface area contributed by atoms with Gasteiger partial charge in [0.25, 0.3) is 0 Å². The van der Waals surface area contributed by atoms with E-state index in [1.807, 2.05) is 0 Å². The van der Waals surface area contributed by atoms with Gasteiger partial charge < -0.3 is 0 Å². The number of hydrogen-bond donors (Lipinski definition) is 0. The smallest absolute Gasteiger partial charge is 0.279 e. The van der Waals surface area contributed by atoms with Gasteiger partial charge in [-0.2, -0.15) is 0 Å². The Balaban J connectivity index is 2.94. The quantitative estimate of drug-likeness (QED) is 0.253. The minimum Gasteiger partial charge on any atom is -0.279 e. The fourth-order valence-electron chi connectivity index (χ4n) is 0. The van der Waals surface area contributed by atoms with Crippen LogP contribution < -0.4 is 0 Å². The summed E-state index contributed by atoms with van der Waals surface area (Å²) in [6.45, 7) is 6.02. The molecule has 1 nitrogen and oxygen atoms in total. The predicted molar refractivity (Wildman–Crippen MR) is 22.1 cm³/mol. The third kappa shape index (κ3) is 4.07. The predicted octanol–water partition coefficient (Wildman–Crippen LogP) is 1.67. The monoisotopic (exact) mass is 109 g/mol. The lowest BCUT2D eigenvalue weighted by atomic mass is 11.4. The standard InChI is InChI=1S/C2HCl2N/c1-5-2(3)4/h2H. The molecule has 0 bridgehead atoms. The highest BCUT2D eigenvalue weighted by Crippen LogP contribution is 1.99. The second-order valence-corrected chi connectivity index (χ2v) is 1.46. The van der Waals surface area contributed by atoms with E-state index in [-0.39, 0.29) is 0 Å². The van der Waals surface area contributed by atoms with E-state index in [0.717, 1.165) is 0 Å². The molecule has 0 aromatic heterocycles.